The Morgan fingerprint density at radius 2 is 0.959 bits per heavy atom. The largest absolute Gasteiger partial charge is 0.494 e. The number of aromatic nitrogens is 9. The molecule has 21 heteroatoms. The quantitative estimate of drug-likeness (QED) is 0.0832. The van der Waals surface area contributed by atoms with Gasteiger partial charge in [0.1, 0.15) is 63.4 Å². The maximum atomic E-state index is 13.7. The van der Waals surface area contributed by atoms with Crippen LogP contribution in [0.5, 0.6) is 23.0 Å². The zero-order valence-corrected chi connectivity index (χ0v) is 46.5. The van der Waals surface area contributed by atoms with Gasteiger partial charge in [-0.05, 0) is 122 Å². The van der Waals surface area contributed by atoms with Crippen LogP contribution in [0.3, 0.4) is 0 Å². The average Bonchev–Trinajstić information content (AvgIpc) is 4.00. The van der Waals surface area contributed by atoms with Gasteiger partial charge in [-0.1, -0.05) is 32.0 Å². The van der Waals surface area contributed by atoms with Gasteiger partial charge in [0.25, 0.3) is 0 Å². The van der Waals surface area contributed by atoms with Crippen LogP contribution in [-0.2, 0) is 31.2 Å². The van der Waals surface area contributed by atoms with E-state index in [2.05, 4.69) is 59.2 Å². The van der Waals surface area contributed by atoms with Crippen LogP contribution in [-0.4, -0.2) is 150 Å². The molecule has 0 saturated carbocycles. The molecule has 2 aliphatic heterocycles. The van der Waals surface area contributed by atoms with Crippen molar-refractivity contribution in [1.29, 1.82) is 0 Å². The van der Waals surface area contributed by atoms with Gasteiger partial charge in [0.2, 0.25) is 0 Å². The summed E-state index contributed by atoms with van der Waals surface area (Å²) in [7, 11) is 3.22. The first-order chi connectivity index (χ1) is 35.3. The van der Waals surface area contributed by atoms with Crippen molar-refractivity contribution in [1.82, 2.24) is 54.3 Å². The standard InChI is InChI=1S/C27H37N5O4S.C26H36N6O4S/c1-18-12-13-22(28-15-18)19(2)20(3)37(33,34)17-25-29-30-27(21-9-8-14-31(4)16-21)32(25)26-23(35-5)10-7-11-24(26)36-6;1-17-13-27-25(28-14-17)18(2)19(3)37(33,34)16-23-29-30-26(20-9-8-12-31(4)15-20)32(23)24-21(35-5)10-7-11-22(24)36-6/h7,10-13,15,19-21H,8-9,14,16-17H2,1-6H3;7,10-11,13-14,18-20H,8-9,12,15-16H2,1-6H3/t19-,20-,21+;18-,19-,20-/m00/s1. The van der Waals surface area contributed by atoms with Gasteiger partial charge in [-0.25, -0.2) is 26.8 Å². The number of pyridine rings is 1. The molecule has 0 N–H and O–H groups in total. The molecule has 6 atom stereocenters. The fourth-order valence-corrected chi connectivity index (χ4v) is 12.9. The average molecular weight is 1060 g/mol. The van der Waals surface area contributed by atoms with E-state index in [0.717, 1.165) is 74.5 Å². The summed E-state index contributed by atoms with van der Waals surface area (Å²) in [4.78, 5) is 17.7. The van der Waals surface area contributed by atoms with Gasteiger partial charge in [0.05, 0.1) is 38.9 Å². The Kier molecular flexibility index (Phi) is 18.1. The molecule has 2 aromatic carbocycles. The fourth-order valence-electron chi connectivity index (χ4n) is 9.80. The predicted molar refractivity (Wildman–Crippen MR) is 285 cm³/mol. The molecule has 0 radical (unpaired) electrons. The monoisotopic (exact) mass is 1060 g/mol. The molecular formula is C53H73N11O8S2. The predicted octanol–water partition coefficient (Wildman–Crippen LogP) is 7.20. The van der Waals surface area contributed by atoms with Gasteiger partial charge in [0, 0.05) is 61.0 Å². The lowest BCUT2D eigenvalue weighted by Gasteiger charge is -2.30. The highest BCUT2D eigenvalue weighted by atomic mass is 32.2. The molecule has 0 aliphatic carbocycles. The Labute approximate surface area is 436 Å². The third-order valence-corrected chi connectivity index (χ3v) is 19.0. The number of likely N-dealkylation sites (N-methyl/N-ethyl adjacent to an activating group) is 2. The van der Waals surface area contributed by atoms with E-state index in [9.17, 15) is 16.8 Å². The summed E-state index contributed by atoms with van der Waals surface area (Å²) in [6, 6.07) is 14.8. The minimum Gasteiger partial charge on any atom is -0.494 e. The van der Waals surface area contributed by atoms with E-state index in [1.807, 2.05) is 85.4 Å². The normalized spacial score (nSPS) is 18.4. The number of piperidine rings is 2. The fraction of sp³-hybridized carbons (Fsp3) is 0.528. The molecule has 4 aromatic heterocycles. The second-order valence-electron chi connectivity index (χ2n) is 19.8. The molecule has 0 spiro atoms. The van der Waals surface area contributed by atoms with Gasteiger partial charge < -0.3 is 28.7 Å². The van der Waals surface area contributed by atoms with E-state index in [4.69, 9.17) is 18.9 Å². The summed E-state index contributed by atoms with van der Waals surface area (Å²) in [5.41, 5.74) is 3.93. The molecule has 2 fully saturated rings. The Bertz CT molecular complexity index is 2810. The lowest BCUT2D eigenvalue weighted by Crippen LogP contribution is -2.32. The van der Waals surface area contributed by atoms with Gasteiger partial charge in [-0.15, -0.1) is 20.4 Å². The number of methoxy groups -OCH3 is 4. The van der Waals surface area contributed by atoms with Crippen LogP contribution < -0.4 is 18.9 Å². The molecule has 74 heavy (non-hydrogen) atoms. The van der Waals surface area contributed by atoms with Crippen LogP contribution in [0.15, 0.2) is 67.1 Å². The highest BCUT2D eigenvalue weighted by molar-refractivity contribution is 7.91. The number of benzene rings is 2. The highest BCUT2D eigenvalue weighted by Crippen LogP contribution is 2.40. The highest BCUT2D eigenvalue weighted by Gasteiger charge is 2.36. The number of ether oxygens (including phenoxy) is 4. The summed E-state index contributed by atoms with van der Waals surface area (Å²) < 4.78 is 81.3. The molecule has 0 unspecified atom stereocenters. The number of sulfone groups is 2. The van der Waals surface area contributed by atoms with Crippen molar-refractivity contribution in [3.05, 3.63) is 113 Å². The molecule has 6 aromatic rings. The summed E-state index contributed by atoms with van der Waals surface area (Å²) in [6.07, 6.45) is 9.11. The van der Waals surface area contributed by atoms with Crippen molar-refractivity contribution in [3.8, 4) is 34.4 Å². The number of aryl methyl sites for hydroxylation is 2. The molecule has 400 valence electrons. The van der Waals surface area contributed by atoms with Gasteiger partial charge in [-0.3, -0.25) is 14.1 Å². The van der Waals surface area contributed by atoms with E-state index in [1.54, 1.807) is 60.9 Å². The first-order valence-corrected chi connectivity index (χ1v) is 28.6. The van der Waals surface area contributed by atoms with Gasteiger partial charge in [0.15, 0.2) is 31.3 Å². The Morgan fingerprint density at radius 1 is 0.554 bits per heavy atom. The second-order valence-corrected chi connectivity index (χ2v) is 24.5. The third-order valence-electron chi connectivity index (χ3n) is 14.6. The van der Waals surface area contributed by atoms with E-state index in [1.165, 1.54) is 0 Å². The van der Waals surface area contributed by atoms with E-state index in [0.29, 0.717) is 57.7 Å². The van der Waals surface area contributed by atoms with Crippen LogP contribution in [0.4, 0.5) is 0 Å². The first-order valence-electron chi connectivity index (χ1n) is 25.1. The molecule has 2 aliphatic rings. The maximum absolute atomic E-state index is 13.7. The zero-order chi connectivity index (χ0) is 53.5. The van der Waals surface area contributed by atoms with Crippen LogP contribution in [0.25, 0.3) is 11.4 Å². The van der Waals surface area contributed by atoms with Gasteiger partial charge in [-0.2, -0.15) is 0 Å². The lowest BCUT2D eigenvalue weighted by atomic mass is 9.97. The van der Waals surface area contributed by atoms with Crippen LogP contribution in [0.1, 0.15) is 123 Å². The molecule has 8 rings (SSSR count). The van der Waals surface area contributed by atoms with E-state index < -0.39 is 36.1 Å². The smallest absolute Gasteiger partial charge is 0.160 e. The van der Waals surface area contributed by atoms with Crippen molar-refractivity contribution in [2.24, 2.45) is 0 Å². The van der Waals surface area contributed by atoms with Crippen molar-refractivity contribution in [2.45, 2.75) is 113 Å². The summed E-state index contributed by atoms with van der Waals surface area (Å²) in [5, 5.41) is 16.6. The minimum atomic E-state index is -3.66. The molecule has 2 saturated heterocycles. The van der Waals surface area contributed by atoms with Crippen LogP contribution in [0, 0.1) is 13.8 Å². The minimum absolute atomic E-state index is 0.0922. The Morgan fingerprint density at radius 3 is 1.34 bits per heavy atom. The summed E-state index contributed by atoms with van der Waals surface area (Å²) in [5.74, 6) is 3.81. The van der Waals surface area contributed by atoms with Gasteiger partial charge >= 0.3 is 0 Å². The van der Waals surface area contributed by atoms with Crippen molar-refractivity contribution >= 4 is 19.7 Å². The Balaban J connectivity index is 0.000000216. The second kappa shape index (κ2) is 24.1. The topological polar surface area (TPSA) is 212 Å². The number of hydrogen-bond acceptors (Lipinski definition) is 17. The van der Waals surface area contributed by atoms with Crippen LogP contribution >= 0.6 is 0 Å². The molecular weight excluding hydrogens is 983 g/mol. The maximum Gasteiger partial charge on any atom is 0.160 e. The SMILES string of the molecule is COc1cccc(OC)c1-n1c(CS(=O)(=O)[C@@H](C)[C@H](C)c2ccc(C)cn2)nnc1[C@@H]1CCCN(C)C1.COc1cccc(OC)c1-n1c(CS(=O)(=O)[C@@H](C)[C@H](C)c2ncc(C)cn2)nnc1[C@H]1CCCN(C)C1. The summed E-state index contributed by atoms with van der Waals surface area (Å²) >= 11 is 0. The number of hydrogen-bond donors (Lipinski definition) is 0. The van der Waals surface area contributed by atoms with E-state index >= 15 is 0 Å². The van der Waals surface area contributed by atoms with Crippen LogP contribution in [0.2, 0.25) is 0 Å². The number of likely N-dealkylation sites (tertiary alicyclic amines) is 2. The summed E-state index contributed by atoms with van der Waals surface area (Å²) in [6.45, 7) is 14.7. The van der Waals surface area contributed by atoms with Crippen molar-refractivity contribution in [2.75, 3.05) is 68.7 Å². The number of rotatable bonds is 18. The number of nitrogens with zero attached hydrogens (tertiary/aromatic N) is 11. The van der Waals surface area contributed by atoms with Crippen molar-refractivity contribution < 1.29 is 35.8 Å². The Hall–Kier alpha value is -6.03. The molecule has 6 heterocycles. The number of para-hydroxylation sites is 2. The molecule has 19 nitrogen and oxygen atoms in total. The lowest BCUT2D eigenvalue weighted by molar-refractivity contribution is 0.244. The molecule has 0 bridgehead atoms. The first kappa shape index (κ1) is 55.7. The molecule has 0 amide bonds. The zero-order valence-electron chi connectivity index (χ0n) is 44.9. The van der Waals surface area contributed by atoms with Crippen molar-refractivity contribution in [3.63, 3.8) is 0 Å². The third kappa shape index (κ3) is 12.4. The van der Waals surface area contributed by atoms with E-state index in [-0.39, 0.29) is 29.3 Å².